The van der Waals surface area contributed by atoms with Crippen LogP contribution in [-0.2, 0) is 7.05 Å². The predicted molar refractivity (Wildman–Crippen MR) is 69.9 cm³/mol. The van der Waals surface area contributed by atoms with Gasteiger partial charge in [0.15, 0.2) is 5.82 Å². The molecule has 0 amide bonds. The number of aryl methyl sites for hydroxylation is 1. The van der Waals surface area contributed by atoms with Gasteiger partial charge in [-0.25, -0.2) is 9.97 Å². The molecule has 0 saturated carbocycles. The molecule has 0 aromatic carbocycles. The lowest BCUT2D eigenvalue weighted by molar-refractivity contribution is 0.469. The Morgan fingerprint density at radius 3 is 2.76 bits per heavy atom. The Hall–Kier alpha value is -1.62. The first-order chi connectivity index (χ1) is 7.92. The second-order valence-electron chi connectivity index (χ2n) is 5.02. The van der Waals surface area contributed by atoms with E-state index in [9.17, 15) is 0 Å². The van der Waals surface area contributed by atoms with E-state index < -0.39 is 0 Å². The highest BCUT2D eigenvalue weighted by atomic mass is 15.1. The first-order valence-electron chi connectivity index (χ1n) is 5.71. The molecule has 2 rings (SSSR count). The molecule has 5 nitrogen and oxygen atoms in total. The van der Waals surface area contributed by atoms with Crippen molar-refractivity contribution in [1.29, 1.82) is 0 Å². The number of hydrogen-bond acceptors (Lipinski definition) is 4. The lowest BCUT2D eigenvalue weighted by Crippen LogP contribution is -2.47. The third kappa shape index (κ3) is 2.10. The summed E-state index contributed by atoms with van der Waals surface area (Å²) in [4.78, 5) is 8.70. The number of rotatable bonds is 3. The van der Waals surface area contributed by atoms with Crippen LogP contribution in [0.2, 0.25) is 0 Å². The third-order valence-electron chi connectivity index (χ3n) is 3.22. The van der Waals surface area contributed by atoms with Crippen LogP contribution in [0, 0.1) is 0 Å². The van der Waals surface area contributed by atoms with Crippen LogP contribution in [0.1, 0.15) is 20.8 Å². The highest BCUT2D eigenvalue weighted by Crippen LogP contribution is 2.22. The summed E-state index contributed by atoms with van der Waals surface area (Å²) in [6.07, 6.45) is 3.57. The highest BCUT2D eigenvalue weighted by Gasteiger charge is 2.24. The van der Waals surface area contributed by atoms with Gasteiger partial charge < -0.3 is 15.6 Å². The second kappa shape index (κ2) is 4.00. The quantitative estimate of drug-likeness (QED) is 0.843. The molecule has 0 fully saturated rings. The van der Waals surface area contributed by atoms with E-state index in [4.69, 9.17) is 5.73 Å². The van der Waals surface area contributed by atoms with E-state index in [-0.39, 0.29) is 11.6 Å². The molecule has 5 heteroatoms. The van der Waals surface area contributed by atoms with Gasteiger partial charge in [-0.1, -0.05) is 0 Å². The Kier molecular flexibility index (Phi) is 2.79. The van der Waals surface area contributed by atoms with Gasteiger partial charge in [0.2, 0.25) is 0 Å². The fraction of sp³-hybridized carbons (Fsp3) is 0.500. The average molecular weight is 233 g/mol. The smallest absolute Gasteiger partial charge is 0.154 e. The summed E-state index contributed by atoms with van der Waals surface area (Å²) >= 11 is 0. The summed E-state index contributed by atoms with van der Waals surface area (Å²) in [6.45, 7) is 6.09. The molecule has 0 aliphatic heterocycles. The Balaban J connectivity index is 2.43. The Morgan fingerprint density at radius 2 is 2.12 bits per heavy atom. The number of imidazole rings is 1. The molecule has 2 aromatic rings. The first-order valence-corrected chi connectivity index (χ1v) is 5.71. The lowest BCUT2D eigenvalue weighted by Gasteiger charge is -2.30. The van der Waals surface area contributed by atoms with E-state index in [1.54, 1.807) is 12.5 Å². The van der Waals surface area contributed by atoms with Crippen molar-refractivity contribution in [3.05, 3.63) is 18.6 Å². The number of anilines is 1. The number of nitrogens with zero attached hydrogens (tertiary/aromatic N) is 3. The fourth-order valence-corrected chi connectivity index (χ4v) is 1.57. The van der Waals surface area contributed by atoms with E-state index in [2.05, 4.69) is 29.1 Å². The van der Waals surface area contributed by atoms with Gasteiger partial charge in [0, 0.05) is 24.8 Å². The Bertz CT molecular complexity index is 527. The summed E-state index contributed by atoms with van der Waals surface area (Å²) in [5, 5.41) is 3.36. The molecule has 2 heterocycles. The molecule has 17 heavy (non-hydrogen) atoms. The first kappa shape index (κ1) is 11.9. The summed E-state index contributed by atoms with van der Waals surface area (Å²) in [7, 11) is 1.97. The minimum Gasteiger partial charge on any atom is -0.362 e. The van der Waals surface area contributed by atoms with Crippen LogP contribution in [0.3, 0.4) is 0 Å². The molecule has 0 aliphatic rings. The maximum Gasteiger partial charge on any atom is 0.154 e. The minimum absolute atomic E-state index is 0.0169. The van der Waals surface area contributed by atoms with Crippen LogP contribution in [-0.4, -0.2) is 26.1 Å². The lowest BCUT2D eigenvalue weighted by atomic mass is 9.97. The molecule has 0 aliphatic carbocycles. The largest absolute Gasteiger partial charge is 0.362 e. The van der Waals surface area contributed by atoms with Crippen LogP contribution < -0.4 is 11.1 Å². The fourth-order valence-electron chi connectivity index (χ4n) is 1.57. The van der Waals surface area contributed by atoms with Gasteiger partial charge in [0.25, 0.3) is 0 Å². The van der Waals surface area contributed by atoms with E-state index in [1.165, 1.54) is 0 Å². The van der Waals surface area contributed by atoms with Gasteiger partial charge in [-0.05, 0) is 26.8 Å². The molecule has 2 aromatic heterocycles. The van der Waals surface area contributed by atoms with E-state index >= 15 is 0 Å². The second-order valence-corrected chi connectivity index (χ2v) is 5.02. The van der Waals surface area contributed by atoms with Crippen LogP contribution in [0.5, 0.6) is 0 Å². The van der Waals surface area contributed by atoms with Crippen molar-refractivity contribution in [3.63, 3.8) is 0 Å². The molecule has 92 valence electrons. The van der Waals surface area contributed by atoms with Crippen LogP contribution in [0.4, 0.5) is 5.82 Å². The van der Waals surface area contributed by atoms with E-state index in [1.807, 2.05) is 24.6 Å². The van der Waals surface area contributed by atoms with Crippen molar-refractivity contribution < 1.29 is 0 Å². The standard InChI is InChI=1S/C12H19N5/c1-8(13)12(2,3)16-11-10-9(5-6-14-11)17(4)7-15-10/h5-8H,13H2,1-4H3,(H,14,16). The molecule has 0 radical (unpaired) electrons. The SMILES string of the molecule is CC(N)C(C)(C)Nc1nccc2c1ncn2C. The van der Waals surface area contributed by atoms with Crippen molar-refractivity contribution in [2.24, 2.45) is 12.8 Å². The zero-order valence-electron chi connectivity index (χ0n) is 10.7. The average Bonchev–Trinajstić information content (AvgIpc) is 2.61. The molecule has 0 saturated heterocycles. The summed E-state index contributed by atoms with van der Waals surface area (Å²) in [5.74, 6) is 0.783. The molecule has 3 N–H and O–H groups in total. The number of nitrogens with one attached hydrogen (secondary N) is 1. The van der Waals surface area contributed by atoms with Crippen LogP contribution in [0.25, 0.3) is 11.0 Å². The van der Waals surface area contributed by atoms with Gasteiger partial charge in [0.05, 0.1) is 11.8 Å². The zero-order valence-corrected chi connectivity index (χ0v) is 10.7. The molecule has 0 spiro atoms. The van der Waals surface area contributed by atoms with Gasteiger partial charge in [0.1, 0.15) is 5.52 Å². The van der Waals surface area contributed by atoms with Gasteiger partial charge >= 0.3 is 0 Å². The summed E-state index contributed by atoms with van der Waals surface area (Å²) < 4.78 is 1.97. The molecule has 1 atom stereocenters. The molecular formula is C12H19N5. The van der Waals surface area contributed by atoms with Crippen molar-refractivity contribution in [3.8, 4) is 0 Å². The summed E-state index contributed by atoms with van der Waals surface area (Å²) in [5.41, 5.74) is 7.66. The van der Waals surface area contributed by atoms with Gasteiger partial charge in [-0.2, -0.15) is 0 Å². The zero-order chi connectivity index (χ0) is 12.6. The van der Waals surface area contributed by atoms with Gasteiger partial charge in [-0.15, -0.1) is 0 Å². The molecular weight excluding hydrogens is 214 g/mol. The van der Waals surface area contributed by atoms with Crippen molar-refractivity contribution in [1.82, 2.24) is 14.5 Å². The van der Waals surface area contributed by atoms with E-state index in [0.717, 1.165) is 16.9 Å². The highest BCUT2D eigenvalue weighted by molar-refractivity contribution is 5.86. The third-order valence-corrected chi connectivity index (χ3v) is 3.22. The maximum atomic E-state index is 5.95. The topological polar surface area (TPSA) is 68.8 Å². The maximum absolute atomic E-state index is 5.95. The minimum atomic E-state index is -0.223. The van der Waals surface area contributed by atoms with Crippen molar-refractivity contribution >= 4 is 16.9 Å². The van der Waals surface area contributed by atoms with Crippen LogP contribution >= 0.6 is 0 Å². The molecule has 1 unspecified atom stereocenters. The molecule has 0 bridgehead atoms. The normalized spacial score (nSPS) is 13.9. The number of fused-ring (bicyclic) bond motifs is 1. The monoisotopic (exact) mass is 233 g/mol. The number of hydrogen-bond donors (Lipinski definition) is 2. The number of aromatic nitrogens is 3. The summed E-state index contributed by atoms with van der Waals surface area (Å²) in [6, 6.07) is 1.97. The van der Waals surface area contributed by atoms with E-state index in [0.29, 0.717) is 0 Å². The van der Waals surface area contributed by atoms with Crippen LogP contribution in [0.15, 0.2) is 18.6 Å². The van der Waals surface area contributed by atoms with Gasteiger partial charge in [-0.3, -0.25) is 0 Å². The number of pyridine rings is 1. The Morgan fingerprint density at radius 1 is 1.41 bits per heavy atom. The number of nitrogens with two attached hydrogens (primary N) is 1. The van der Waals surface area contributed by atoms with Crippen molar-refractivity contribution in [2.75, 3.05) is 5.32 Å². The predicted octanol–water partition coefficient (Wildman–Crippen LogP) is 1.51. The van der Waals surface area contributed by atoms with Crippen molar-refractivity contribution in [2.45, 2.75) is 32.4 Å². The Labute approximate surface area is 101 Å².